The van der Waals surface area contributed by atoms with Crippen LogP contribution in [0, 0.1) is 0 Å². The Bertz CT molecular complexity index is 677. The van der Waals surface area contributed by atoms with E-state index >= 15 is 0 Å². The molecule has 5 nitrogen and oxygen atoms in total. The maximum absolute atomic E-state index is 13.2. The fourth-order valence-electron chi connectivity index (χ4n) is 4.69. The largest absolute Gasteiger partial charge is 0.383 e. The lowest BCUT2D eigenvalue weighted by Crippen LogP contribution is -2.61. The molecular formula is C20H26N2O3. The van der Waals surface area contributed by atoms with E-state index in [0.717, 1.165) is 44.1 Å². The average molecular weight is 342 g/mol. The number of ether oxygens (including phenoxy) is 1. The second kappa shape index (κ2) is 6.45. The van der Waals surface area contributed by atoms with Crippen molar-refractivity contribution in [2.75, 3.05) is 20.3 Å². The number of amides is 2. The number of hydrogen-bond acceptors (Lipinski definition) is 3. The van der Waals surface area contributed by atoms with Crippen molar-refractivity contribution in [2.45, 2.75) is 56.0 Å². The number of benzene rings is 1. The summed E-state index contributed by atoms with van der Waals surface area (Å²) in [4.78, 5) is 28.4. The van der Waals surface area contributed by atoms with Crippen molar-refractivity contribution in [1.29, 1.82) is 0 Å². The normalized spacial score (nSPS) is 24.4. The molecule has 1 aromatic carbocycles. The van der Waals surface area contributed by atoms with Crippen molar-refractivity contribution in [3.05, 3.63) is 35.4 Å². The Morgan fingerprint density at radius 3 is 2.68 bits per heavy atom. The highest BCUT2D eigenvalue weighted by Crippen LogP contribution is 2.50. The van der Waals surface area contributed by atoms with Gasteiger partial charge < -0.3 is 15.0 Å². The molecule has 1 spiro atoms. The van der Waals surface area contributed by atoms with Crippen molar-refractivity contribution in [1.82, 2.24) is 10.2 Å². The lowest BCUT2D eigenvalue weighted by atomic mass is 9.71. The fourth-order valence-corrected chi connectivity index (χ4v) is 4.69. The maximum Gasteiger partial charge on any atom is 0.254 e. The van der Waals surface area contributed by atoms with Crippen LogP contribution in [0.5, 0.6) is 0 Å². The molecule has 5 heteroatoms. The first kappa shape index (κ1) is 16.6. The summed E-state index contributed by atoms with van der Waals surface area (Å²) in [5.74, 6) is -0.141. The third kappa shape index (κ3) is 2.74. The van der Waals surface area contributed by atoms with Crippen molar-refractivity contribution in [2.24, 2.45) is 0 Å². The highest BCUT2D eigenvalue weighted by atomic mass is 16.5. The topological polar surface area (TPSA) is 58.6 Å². The Balaban J connectivity index is 1.80. The van der Waals surface area contributed by atoms with Crippen molar-refractivity contribution in [3.63, 3.8) is 0 Å². The number of carbonyl (C=O) groups is 2. The molecule has 1 atom stereocenters. The Kier molecular flexibility index (Phi) is 4.28. The zero-order chi connectivity index (χ0) is 17.4. The fraction of sp³-hybridized carbons (Fsp3) is 0.600. The van der Waals surface area contributed by atoms with Gasteiger partial charge in [0.15, 0.2) is 0 Å². The van der Waals surface area contributed by atoms with Crippen LogP contribution in [0.25, 0.3) is 0 Å². The van der Waals surface area contributed by atoms with E-state index in [1.165, 1.54) is 0 Å². The molecule has 0 saturated heterocycles. The molecule has 2 saturated carbocycles. The Hall–Kier alpha value is -1.88. The maximum atomic E-state index is 13.2. The highest BCUT2D eigenvalue weighted by Gasteiger charge is 2.55. The van der Waals surface area contributed by atoms with Gasteiger partial charge in [0.1, 0.15) is 0 Å². The Labute approximate surface area is 148 Å². The van der Waals surface area contributed by atoms with E-state index in [2.05, 4.69) is 5.32 Å². The minimum atomic E-state index is -0.400. The van der Waals surface area contributed by atoms with E-state index < -0.39 is 5.54 Å². The van der Waals surface area contributed by atoms with Crippen LogP contribution in [0.3, 0.4) is 0 Å². The van der Waals surface area contributed by atoms with E-state index in [4.69, 9.17) is 4.74 Å². The minimum absolute atomic E-state index is 0.0463. The smallest absolute Gasteiger partial charge is 0.254 e. The first-order chi connectivity index (χ1) is 12.2. The number of methoxy groups -OCH3 is 1. The average Bonchev–Trinajstić information content (AvgIpc) is 3.30. The molecule has 2 fully saturated rings. The van der Waals surface area contributed by atoms with E-state index in [-0.39, 0.29) is 17.7 Å². The van der Waals surface area contributed by atoms with Crippen LogP contribution in [-0.2, 0) is 9.53 Å². The van der Waals surface area contributed by atoms with Gasteiger partial charge in [0, 0.05) is 25.3 Å². The molecular weight excluding hydrogens is 316 g/mol. The molecule has 0 bridgehead atoms. The zero-order valence-corrected chi connectivity index (χ0v) is 14.8. The number of hydrogen-bond donors (Lipinski definition) is 1. The third-order valence-corrected chi connectivity index (χ3v) is 6.00. The first-order valence-electron chi connectivity index (χ1n) is 9.37. The van der Waals surface area contributed by atoms with Gasteiger partial charge in [-0.25, -0.2) is 0 Å². The van der Waals surface area contributed by atoms with E-state index in [9.17, 15) is 9.59 Å². The van der Waals surface area contributed by atoms with Crippen molar-refractivity contribution < 1.29 is 14.3 Å². The summed E-state index contributed by atoms with van der Waals surface area (Å²) in [6.45, 7) is 1.03. The van der Waals surface area contributed by atoms with Gasteiger partial charge in [-0.1, -0.05) is 31.0 Å². The summed E-state index contributed by atoms with van der Waals surface area (Å²) >= 11 is 0. The number of fused-ring (bicyclic) bond motifs is 1. The van der Waals surface area contributed by atoms with E-state index in [0.29, 0.717) is 24.8 Å². The zero-order valence-electron chi connectivity index (χ0n) is 14.8. The van der Waals surface area contributed by atoms with Gasteiger partial charge in [-0.2, -0.15) is 0 Å². The van der Waals surface area contributed by atoms with Crippen LogP contribution in [0.1, 0.15) is 60.4 Å². The molecule has 1 heterocycles. The third-order valence-electron chi connectivity index (χ3n) is 6.00. The quantitative estimate of drug-likeness (QED) is 0.894. The molecule has 0 aromatic heterocycles. The predicted molar refractivity (Wildman–Crippen MR) is 94.5 cm³/mol. The van der Waals surface area contributed by atoms with Gasteiger partial charge in [-0.15, -0.1) is 0 Å². The van der Waals surface area contributed by atoms with Gasteiger partial charge in [0.2, 0.25) is 5.91 Å². The second-order valence-electron chi connectivity index (χ2n) is 7.56. The molecule has 3 aliphatic rings. The van der Waals surface area contributed by atoms with Crippen LogP contribution in [-0.4, -0.2) is 48.6 Å². The van der Waals surface area contributed by atoms with Crippen molar-refractivity contribution >= 4 is 11.8 Å². The van der Waals surface area contributed by atoms with Crippen LogP contribution in [0.4, 0.5) is 0 Å². The number of rotatable bonds is 5. The lowest BCUT2D eigenvalue weighted by Gasteiger charge is -2.50. The summed E-state index contributed by atoms with van der Waals surface area (Å²) in [7, 11) is 1.65. The number of nitrogens with zero attached hydrogens (tertiary/aromatic N) is 1. The van der Waals surface area contributed by atoms with Gasteiger partial charge in [0.05, 0.1) is 18.1 Å². The molecule has 134 valence electrons. The van der Waals surface area contributed by atoms with E-state index in [1.54, 1.807) is 7.11 Å². The number of carbonyl (C=O) groups excluding carboxylic acids is 2. The molecule has 0 radical (unpaired) electrons. The highest BCUT2D eigenvalue weighted by molar-refractivity contribution is 6.02. The molecule has 25 heavy (non-hydrogen) atoms. The molecule has 1 N–H and O–H groups in total. The molecule has 2 aliphatic carbocycles. The van der Waals surface area contributed by atoms with Crippen LogP contribution in [0.15, 0.2) is 24.3 Å². The predicted octanol–water partition coefficient (Wildman–Crippen LogP) is 2.46. The molecule has 0 unspecified atom stereocenters. The first-order valence-corrected chi connectivity index (χ1v) is 9.37. The minimum Gasteiger partial charge on any atom is -0.383 e. The molecule has 2 amide bonds. The summed E-state index contributed by atoms with van der Waals surface area (Å²) in [6.07, 6.45) is 6.04. The van der Waals surface area contributed by atoms with Gasteiger partial charge >= 0.3 is 0 Å². The van der Waals surface area contributed by atoms with Gasteiger partial charge in [-0.3, -0.25) is 9.59 Å². The van der Waals surface area contributed by atoms with Crippen LogP contribution in [0.2, 0.25) is 0 Å². The standard InChI is InChI=1S/C20H26N2O3/c1-25-13-12-22-19(24)16-7-3-2-6-15(16)17(18(23)21-14-8-9-14)20(22)10-4-5-11-20/h2-3,6-7,14,17H,4-5,8-13H2,1H3,(H,21,23)/t17-/m0/s1. The molecule has 4 rings (SSSR count). The van der Waals surface area contributed by atoms with E-state index in [1.807, 2.05) is 29.2 Å². The Morgan fingerprint density at radius 1 is 1.28 bits per heavy atom. The molecule has 1 aromatic rings. The molecule has 1 aliphatic heterocycles. The summed E-state index contributed by atoms with van der Waals surface area (Å²) in [5, 5.41) is 3.20. The Morgan fingerprint density at radius 2 is 2.00 bits per heavy atom. The van der Waals surface area contributed by atoms with Gasteiger partial charge in [0.25, 0.3) is 5.91 Å². The monoisotopic (exact) mass is 342 g/mol. The second-order valence-corrected chi connectivity index (χ2v) is 7.56. The van der Waals surface area contributed by atoms with Crippen LogP contribution < -0.4 is 5.32 Å². The van der Waals surface area contributed by atoms with Crippen molar-refractivity contribution in [3.8, 4) is 0 Å². The lowest BCUT2D eigenvalue weighted by molar-refractivity contribution is -0.126. The summed E-state index contributed by atoms with van der Waals surface area (Å²) < 4.78 is 5.26. The van der Waals surface area contributed by atoms with Crippen LogP contribution >= 0.6 is 0 Å². The summed E-state index contributed by atoms with van der Waals surface area (Å²) in [6, 6.07) is 7.97. The van der Waals surface area contributed by atoms with Gasteiger partial charge in [-0.05, 0) is 37.3 Å². The summed E-state index contributed by atoms with van der Waals surface area (Å²) in [5.41, 5.74) is 1.18. The number of nitrogens with one attached hydrogen (secondary N) is 1. The SMILES string of the molecule is COCCN1C(=O)c2ccccc2[C@@H](C(=O)NC2CC2)C12CCCC2.